The van der Waals surface area contributed by atoms with Crippen molar-refractivity contribution in [2.45, 2.75) is 24.2 Å². The molecule has 1 fully saturated rings. The van der Waals surface area contributed by atoms with E-state index in [1.807, 2.05) is 29.2 Å². The third kappa shape index (κ3) is 4.69. The maximum absolute atomic E-state index is 12.0. The van der Waals surface area contributed by atoms with E-state index in [4.69, 9.17) is 16.7 Å². The number of nitrogens with zero attached hydrogens (tertiary/aromatic N) is 1. The van der Waals surface area contributed by atoms with Gasteiger partial charge in [0.25, 0.3) is 0 Å². The summed E-state index contributed by atoms with van der Waals surface area (Å²) in [4.78, 5) is 15.0. The van der Waals surface area contributed by atoms with Gasteiger partial charge in [0.15, 0.2) is 0 Å². The lowest BCUT2D eigenvalue weighted by Crippen LogP contribution is -2.28. The molecular weight excluding hydrogens is 294 g/mol. The Labute approximate surface area is 129 Å². The molecule has 1 heterocycles. The zero-order chi connectivity index (χ0) is 14.4. The molecule has 1 aromatic carbocycles. The van der Waals surface area contributed by atoms with Crippen molar-refractivity contribution in [1.29, 1.82) is 0 Å². The Balaban J connectivity index is 1.63. The highest BCUT2D eigenvalue weighted by Crippen LogP contribution is 2.22. The predicted molar refractivity (Wildman–Crippen MR) is 83.2 cm³/mol. The number of hydrogen-bond donors (Lipinski definition) is 1. The van der Waals surface area contributed by atoms with Crippen molar-refractivity contribution in [3.63, 3.8) is 0 Å². The second kappa shape index (κ2) is 7.91. The van der Waals surface area contributed by atoms with Gasteiger partial charge in [-0.05, 0) is 42.9 Å². The zero-order valence-corrected chi connectivity index (χ0v) is 13.0. The Morgan fingerprint density at radius 2 is 2.15 bits per heavy atom. The third-order valence-electron chi connectivity index (χ3n) is 3.51. The van der Waals surface area contributed by atoms with Gasteiger partial charge in [-0.25, -0.2) is 0 Å². The van der Waals surface area contributed by atoms with Crippen molar-refractivity contribution in [3.8, 4) is 0 Å². The number of aliphatic hydroxyl groups excluding tert-OH is 1. The summed E-state index contributed by atoms with van der Waals surface area (Å²) < 4.78 is 0. The summed E-state index contributed by atoms with van der Waals surface area (Å²) in [6.07, 6.45) is 2.41. The van der Waals surface area contributed by atoms with E-state index in [2.05, 4.69) is 0 Å². The number of aliphatic hydroxyl groups is 1. The van der Waals surface area contributed by atoms with Gasteiger partial charge >= 0.3 is 0 Å². The standard InChI is InChI=1S/C15H20ClNO2S/c16-13-3-5-14(6-4-13)20-9-1-2-15(19)17-8-7-12(10-17)11-18/h3-6,12,18H,1-2,7-11H2. The van der Waals surface area contributed by atoms with Crippen molar-refractivity contribution in [3.05, 3.63) is 29.3 Å². The minimum Gasteiger partial charge on any atom is -0.396 e. The maximum Gasteiger partial charge on any atom is 0.222 e. The van der Waals surface area contributed by atoms with E-state index in [1.165, 1.54) is 4.90 Å². The Kier molecular flexibility index (Phi) is 6.20. The molecule has 2 rings (SSSR count). The second-order valence-corrected chi connectivity index (χ2v) is 6.69. The molecule has 0 saturated carbocycles. The molecule has 0 aromatic heterocycles. The molecule has 110 valence electrons. The summed E-state index contributed by atoms with van der Waals surface area (Å²) in [5.41, 5.74) is 0. The van der Waals surface area contributed by atoms with Crippen molar-refractivity contribution >= 4 is 29.3 Å². The van der Waals surface area contributed by atoms with Gasteiger partial charge in [-0.15, -0.1) is 11.8 Å². The highest BCUT2D eigenvalue weighted by Gasteiger charge is 2.24. The van der Waals surface area contributed by atoms with Crippen LogP contribution in [0.25, 0.3) is 0 Å². The lowest BCUT2D eigenvalue weighted by atomic mass is 10.1. The largest absolute Gasteiger partial charge is 0.396 e. The molecule has 1 saturated heterocycles. The van der Waals surface area contributed by atoms with Gasteiger partial charge in [0.05, 0.1) is 0 Å². The fourth-order valence-corrected chi connectivity index (χ4v) is 3.29. The molecule has 1 N–H and O–H groups in total. The van der Waals surface area contributed by atoms with Gasteiger partial charge in [0.1, 0.15) is 0 Å². The van der Waals surface area contributed by atoms with Crippen LogP contribution in [-0.2, 0) is 4.79 Å². The first-order valence-electron chi connectivity index (χ1n) is 6.96. The monoisotopic (exact) mass is 313 g/mol. The summed E-state index contributed by atoms with van der Waals surface area (Å²) in [6, 6.07) is 7.77. The van der Waals surface area contributed by atoms with Gasteiger partial charge in [-0.1, -0.05) is 11.6 Å². The molecule has 1 unspecified atom stereocenters. The number of likely N-dealkylation sites (tertiary alicyclic amines) is 1. The summed E-state index contributed by atoms with van der Waals surface area (Å²) >= 11 is 7.58. The summed E-state index contributed by atoms with van der Waals surface area (Å²) in [5, 5.41) is 9.82. The van der Waals surface area contributed by atoms with E-state index in [9.17, 15) is 4.79 Å². The normalized spacial score (nSPS) is 18.5. The number of hydrogen-bond acceptors (Lipinski definition) is 3. The number of amides is 1. The Morgan fingerprint density at radius 3 is 2.80 bits per heavy atom. The summed E-state index contributed by atoms with van der Waals surface area (Å²) in [7, 11) is 0. The second-order valence-electron chi connectivity index (χ2n) is 5.08. The Morgan fingerprint density at radius 1 is 1.40 bits per heavy atom. The van der Waals surface area contributed by atoms with E-state index in [1.54, 1.807) is 11.8 Å². The van der Waals surface area contributed by atoms with Gasteiger partial charge in [0, 0.05) is 42.0 Å². The molecule has 0 radical (unpaired) electrons. The molecule has 1 aliphatic heterocycles. The van der Waals surface area contributed by atoms with E-state index >= 15 is 0 Å². The van der Waals surface area contributed by atoms with Crippen LogP contribution in [0.2, 0.25) is 5.02 Å². The number of halogens is 1. The van der Waals surface area contributed by atoms with Crippen LogP contribution in [0.5, 0.6) is 0 Å². The molecule has 5 heteroatoms. The lowest BCUT2D eigenvalue weighted by molar-refractivity contribution is -0.130. The first kappa shape index (κ1) is 15.7. The number of benzene rings is 1. The van der Waals surface area contributed by atoms with Crippen LogP contribution in [0.3, 0.4) is 0 Å². The van der Waals surface area contributed by atoms with Crippen molar-refractivity contribution < 1.29 is 9.90 Å². The van der Waals surface area contributed by atoms with Crippen LogP contribution in [0, 0.1) is 5.92 Å². The molecule has 0 aliphatic carbocycles. The molecule has 1 aliphatic rings. The molecule has 20 heavy (non-hydrogen) atoms. The molecule has 3 nitrogen and oxygen atoms in total. The van der Waals surface area contributed by atoms with E-state index in [-0.39, 0.29) is 18.4 Å². The molecule has 0 bridgehead atoms. The van der Waals surface area contributed by atoms with E-state index < -0.39 is 0 Å². The average molecular weight is 314 g/mol. The SMILES string of the molecule is O=C(CCCSc1ccc(Cl)cc1)N1CCC(CO)C1. The summed E-state index contributed by atoms with van der Waals surface area (Å²) in [5.74, 6) is 1.44. The third-order valence-corrected chi connectivity index (χ3v) is 4.86. The average Bonchev–Trinajstić information content (AvgIpc) is 2.94. The number of carbonyl (C=O) groups excluding carboxylic acids is 1. The van der Waals surface area contributed by atoms with Crippen molar-refractivity contribution in [2.24, 2.45) is 5.92 Å². The van der Waals surface area contributed by atoms with Gasteiger partial charge in [0.2, 0.25) is 5.91 Å². The topological polar surface area (TPSA) is 40.5 Å². The number of carbonyl (C=O) groups is 1. The minimum atomic E-state index is 0.191. The zero-order valence-electron chi connectivity index (χ0n) is 11.4. The van der Waals surface area contributed by atoms with Crippen LogP contribution >= 0.6 is 23.4 Å². The van der Waals surface area contributed by atoms with Crippen LogP contribution in [0.4, 0.5) is 0 Å². The van der Waals surface area contributed by atoms with Crippen molar-refractivity contribution in [1.82, 2.24) is 4.90 Å². The molecule has 1 amide bonds. The first-order valence-corrected chi connectivity index (χ1v) is 8.32. The highest BCUT2D eigenvalue weighted by atomic mass is 35.5. The van der Waals surface area contributed by atoms with Gasteiger partial charge < -0.3 is 10.0 Å². The Hall–Kier alpha value is -0.710. The van der Waals surface area contributed by atoms with Gasteiger partial charge in [-0.3, -0.25) is 4.79 Å². The van der Waals surface area contributed by atoms with E-state index in [0.29, 0.717) is 6.42 Å². The molecular formula is C15H20ClNO2S. The molecule has 1 aromatic rings. The van der Waals surface area contributed by atoms with Crippen LogP contribution < -0.4 is 0 Å². The quantitative estimate of drug-likeness (QED) is 0.648. The summed E-state index contributed by atoms with van der Waals surface area (Å²) in [6.45, 7) is 1.71. The number of thioether (sulfide) groups is 1. The van der Waals surface area contributed by atoms with Crippen LogP contribution in [0.1, 0.15) is 19.3 Å². The predicted octanol–water partition coefficient (Wildman–Crippen LogP) is 3.05. The van der Waals surface area contributed by atoms with E-state index in [0.717, 1.165) is 36.7 Å². The fraction of sp³-hybridized carbons (Fsp3) is 0.533. The first-order chi connectivity index (χ1) is 9.69. The molecule has 1 atom stereocenters. The smallest absolute Gasteiger partial charge is 0.222 e. The maximum atomic E-state index is 12.0. The lowest BCUT2D eigenvalue weighted by Gasteiger charge is -2.15. The minimum absolute atomic E-state index is 0.191. The van der Waals surface area contributed by atoms with Gasteiger partial charge in [-0.2, -0.15) is 0 Å². The number of rotatable bonds is 6. The fourth-order valence-electron chi connectivity index (χ4n) is 2.31. The molecule has 0 spiro atoms. The van der Waals surface area contributed by atoms with Crippen molar-refractivity contribution in [2.75, 3.05) is 25.4 Å². The highest BCUT2D eigenvalue weighted by molar-refractivity contribution is 7.99. The van der Waals surface area contributed by atoms with Crippen LogP contribution in [-0.4, -0.2) is 41.4 Å². The Bertz CT molecular complexity index is 438. The van der Waals surface area contributed by atoms with Crippen LogP contribution in [0.15, 0.2) is 29.2 Å².